The third-order valence-corrected chi connectivity index (χ3v) is 3.21. The first-order valence-electron chi connectivity index (χ1n) is 6.32. The van der Waals surface area contributed by atoms with E-state index in [1.807, 2.05) is 0 Å². The summed E-state index contributed by atoms with van der Waals surface area (Å²) in [7, 11) is 0. The number of Topliss-reactive ketones (excluding diaryl/α,β-unsaturated/α-hetero) is 1. The van der Waals surface area contributed by atoms with E-state index in [9.17, 15) is 15.0 Å². The van der Waals surface area contributed by atoms with Crippen LogP contribution in [0.1, 0.15) is 39.0 Å². The molecule has 1 aliphatic rings. The molecule has 0 amide bonds. The Balaban J connectivity index is 2.42. The number of carbonyl (C=O) groups is 1. The molecule has 1 saturated carbocycles. The molecule has 2 unspecified atom stereocenters. The summed E-state index contributed by atoms with van der Waals surface area (Å²) < 4.78 is 0. The van der Waals surface area contributed by atoms with Crippen LogP contribution in [0.25, 0.3) is 0 Å². The minimum Gasteiger partial charge on any atom is -0.392 e. The molecule has 0 heterocycles. The van der Waals surface area contributed by atoms with Crippen molar-refractivity contribution in [2.45, 2.75) is 51.2 Å². The average molecular weight is 238 g/mol. The van der Waals surface area contributed by atoms with E-state index in [-0.39, 0.29) is 18.1 Å². The zero-order valence-corrected chi connectivity index (χ0v) is 10.4. The number of hydrogen-bond donors (Lipinski definition) is 2. The van der Waals surface area contributed by atoms with E-state index in [1.165, 1.54) is 0 Å². The number of carbonyl (C=O) groups excluding carboxylic acids is 1. The van der Waals surface area contributed by atoms with Gasteiger partial charge in [0.2, 0.25) is 0 Å². The van der Waals surface area contributed by atoms with Crippen molar-refractivity contribution in [1.29, 1.82) is 0 Å². The summed E-state index contributed by atoms with van der Waals surface area (Å²) in [6.07, 6.45) is 6.35. The highest BCUT2D eigenvalue weighted by atomic mass is 16.3. The van der Waals surface area contributed by atoms with Gasteiger partial charge in [0.05, 0.1) is 12.2 Å². The molecule has 3 atom stereocenters. The van der Waals surface area contributed by atoms with Crippen molar-refractivity contribution in [3.8, 4) is 0 Å². The Morgan fingerprint density at radius 1 is 1.53 bits per heavy atom. The molecule has 1 aliphatic carbocycles. The molecule has 96 valence electrons. The van der Waals surface area contributed by atoms with Crippen LogP contribution in [0.5, 0.6) is 0 Å². The molecule has 0 bridgehead atoms. The van der Waals surface area contributed by atoms with Gasteiger partial charge in [0.1, 0.15) is 0 Å². The van der Waals surface area contributed by atoms with Gasteiger partial charge in [0, 0.05) is 12.3 Å². The largest absolute Gasteiger partial charge is 0.392 e. The summed E-state index contributed by atoms with van der Waals surface area (Å²) in [6, 6.07) is 0. The predicted octanol–water partition coefficient (Wildman–Crippen LogP) is 1.99. The molecule has 2 N–H and O–H groups in total. The summed E-state index contributed by atoms with van der Waals surface area (Å²) in [4.78, 5) is 11.3. The SMILES string of the molecule is C=C1C(=O)CC(O)C1/C=C/[C@H](O)CCCCC. The van der Waals surface area contributed by atoms with E-state index in [4.69, 9.17) is 0 Å². The molecule has 1 rings (SSSR count). The van der Waals surface area contributed by atoms with Gasteiger partial charge in [0.15, 0.2) is 5.78 Å². The van der Waals surface area contributed by atoms with Crippen molar-refractivity contribution in [3.05, 3.63) is 24.3 Å². The van der Waals surface area contributed by atoms with Crippen LogP contribution in [0.15, 0.2) is 24.3 Å². The molecular weight excluding hydrogens is 216 g/mol. The molecule has 0 aliphatic heterocycles. The quantitative estimate of drug-likeness (QED) is 0.422. The molecule has 0 spiro atoms. The van der Waals surface area contributed by atoms with E-state index in [1.54, 1.807) is 12.2 Å². The highest BCUT2D eigenvalue weighted by Crippen LogP contribution is 2.28. The smallest absolute Gasteiger partial charge is 0.161 e. The van der Waals surface area contributed by atoms with E-state index >= 15 is 0 Å². The summed E-state index contributed by atoms with van der Waals surface area (Å²) in [5.74, 6) is -0.393. The van der Waals surface area contributed by atoms with Gasteiger partial charge in [0.25, 0.3) is 0 Å². The van der Waals surface area contributed by atoms with E-state index in [0.29, 0.717) is 5.57 Å². The van der Waals surface area contributed by atoms with Gasteiger partial charge < -0.3 is 10.2 Å². The predicted molar refractivity (Wildman–Crippen MR) is 67.5 cm³/mol. The van der Waals surface area contributed by atoms with Crippen molar-refractivity contribution in [2.75, 3.05) is 0 Å². The lowest BCUT2D eigenvalue weighted by Gasteiger charge is -2.10. The van der Waals surface area contributed by atoms with Crippen molar-refractivity contribution in [3.63, 3.8) is 0 Å². The van der Waals surface area contributed by atoms with Crippen molar-refractivity contribution >= 4 is 5.78 Å². The number of aliphatic hydroxyl groups is 2. The maximum Gasteiger partial charge on any atom is 0.161 e. The van der Waals surface area contributed by atoms with Gasteiger partial charge in [-0.3, -0.25) is 4.79 Å². The third-order valence-electron chi connectivity index (χ3n) is 3.21. The Hall–Kier alpha value is -0.930. The maximum absolute atomic E-state index is 11.3. The highest BCUT2D eigenvalue weighted by Gasteiger charge is 2.33. The van der Waals surface area contributed by atoms with Crippen LogP contribution in [0.3, 0.4) is 0 Å². The van der Waals surface area contributed by atoms with Crippen LogP contribution in [0.4, 0.5) is 0 Å². The Bertz CT molecular complexity index is 307. The topological polar surface area (TPSA) is 57.5 Å². The summed E-state index contributed by atoms with van der Waals surface area (Å²) in [5, 5.41) is 19.3. The first kappa shape index (κ1) is 14.1. The van der Waals surface area contributed by atoms with Gasteiger partial charge in [-0.1, -0.05) is 44.9 Å². The molecule has 17 heavy (non-hydrogen) atoms. The summed E-state index contributed by atoms with van der Waals surface area (Å²) >= 11 is 0. The minimum atomic E-state index is -0.672. The lowest BCUT2D eigenvalue weighted by Crippen LogP contribution is -2.12. The Labute approximate surface area is 103 Å². The van der Waals surface area contributed by atoms with Crippen LogP contribution >= 0.6 is 0 Å². The number of ketones is 1. The van der Waals surface area contributed by atoms with Gasteiger partial charge >= 0.3 is 0 Å². The molecule has 0 saturated heterocycles. The normalized spacial score (nSPS) is 27.0. The first-order valence-corrected chi connectivity index (χ1v) is 6.32. The van der Waals surface area contributed by atoms with Crippen LogP contribution in [0, 0.1) is 5.92 Å². The minimum absolute atomic E-state index is 0.0763. The molecule has 3 nitrogen and oxygen atoms in total. The molecule has 0 aromatic carbocycles. The molecule has 0 radical (unpaired) electrons. The van der Waals surface area contributed by atoms with E-state index in [2.05, 4.69) is 13.5 Å². The molecular formula is C14H22O3. The first-order chi connectivity index (χ1) is 8.06. The van der Waals surface area contributed by atoms with Gasteiger partial charge in [-0.25, -0.2) is 0 Å². The van der Waals surface area contributed by atoms with E-state index < -0.39 is 12.2 Å². The fourth-order valence-corrected chi connectivity index (χ4v) is 2.06. The van der Waals surface area contributed by atoms with Crippen molar-refractivity contribution < 1.29 is 15.0 Å². The molecule has 0 aromatic rings. The third kappa shape index (κ3) is 4.10. The second-order valence-electron chi connectivity index (χ2n) is 4.69. The number of hydrogen-bond acceptors (Lipinski definition) is 3. The lowest BCUT2D eigenvalue weighted by atomic mass is 10.00. The second-order valence-corrected chi connectivity index (χ2v) is 4.69. The highest BCUT2D eigenvalue weighted by molar-refractivity contribution is 5.98. The molecule has 1 fully saturated rings. The Morgan fingerprint density at radius 2 is 2.24 bits per heavy atom. The van der Waals surface area contributed by atoms with Gasteiger partial charge in [-0.05, 0) is 12.0 Å². The number of rotatable bonds is 6. The monoisotopic (exact) mass is 238 g/mol. The Morgan fingerprint density at radius 3 is 2.76 bits per heavy atom. The average Bonchev–Trinajstić information content (AvgIpc) is 2.51. The van der Waals surface area contributed by atoms with Crippen LogP contribution in [0.2, 0.25) is 0 Å². The van der Waals surface area contributed by atoms with Crippen LogP contribution < -0.4 is 0 Å². The summed E-state index contributed by atoms with van der Waals surface area (Å²) in [5.41, 5.74) is 0.453. The lowest BCUT2D eigenvalue weighted by molar-refractivity contribution is -0.115. The Kier molecular flexibility index (Phi) is 5.59. The number of unbranched alkanes of at least 4 members (excludes halogenated alkanes) is 2. The fraction of sp³-hybridized carbons (Fsp3) is 0.643. The van der Waals surface area contributed by atoms with Gasteiger partial charge in [-0.2, -0.15) is 0 Å². The fourth-order valence-electron chi connectivity index (χ4n) is 2.06. The molecule has 3 heteroatoms. The maximum atomic E-state index is 11.3. The zero-order chi connectivity index (χ0) is 12.8. The second kappa shape index (κ2) is 6.72. The van der Waals surface area contributed by atoms with Crippen LogP contribution in [-0.4, -0.2) is 28.2 Å². The molecule has 0 aromatic heterocycles. The van der Waals surface area contributed by atoms with Crippen molar-refractivity contribution in [2.24, 2.45) is 5.92 Å². The number of aliphatic hydroxyl groups excluding tert-OH is 2. The zero-order valence-electron chi connectivity index (χ0n) is 10.4. The summed E-state index contributed by atoms with van der Waals surface area (Å²) in [6.45, 7) is 5.80. The van der Waals surface area contributed by atoms with Crippen molar-refractivity contribution in [1.82, 2.24) is 0 Å². The van der Waals surface area contributed by atoms with Crippen LogP contribution in [-0.2, 0) is 4.79 Å². The van der Waals surface area contributed by atoms with Gasteiger partial charge in [-0.15, -0.1) is 0 Å². The van der Waals surface area contributed by atoms with E-state index in [0.717, 1.165) is 25.7 Å². The standard InChI is InChI=1S/C14H22O3/c1-3-4-5-6-11(15)7-8-12-10(2)13(16)9-14(12)17/h7-8,11-12,14-15,17H,2-6,9H2,1H3/b8-7+/t11-,12?,14?/m1/s1.